The number of non-ortho nitro benzene ring substituents is 1. The van der Waals surface area contributed by atoms with Gasteiger partial charge in [-0.2, -0.15) is 0 Å². The Hall–Kier alpha value is -1.42. The number of nitro benzene ring substituents is 1. The number of hydrogen-bond donors (Lipinski definition) is 1. The summed E-state index contributed by atoms with van der Waals surface area (Å²) >= 11 is 0. The molecular weight excluding hydrogens is 204 g/mol. The Balaban J connectivity index is 2.01. The van der Waals surface area contributed by atoms with E-state index in [0.29, 0.717) is 6.04 Å². The highest BCUT2D eigenvalue weighted by molar-refractivity contribution is 5.33. The third-order valence-corrected chi connectivity index (χ3v) is 3.16. The fourth-order valence-corrected chi connectivity index (χ4v) is 2.01. The molecule has 1 aliphatic rings. The lowest BCUT2D eigenvalue weighted by molar-refractivity contribution is -0.384. The van der Waals surface area contributed by atoms with Crippen LogP contribution in [-0.2, 0) is 6.42 Å². The van der Waals surface area contributed by atoms with Gasteiger partial charge in [0.05, 0.1) is 4.92 Å². The zero-order valence-electron chi connectivity index (χ0n) is 9.35. The number of rotatable bonds is 5. The van der Waals surface area contributed by atoms with Crippen molar-refractivity contribution in [2.24, 2.45) is 5.92 Å². The highest BCUT2D eigenvalue weighted by Crippen LogP contribution is 2.34. The molecule has 1 N–H and O–H groups in total. The molecule has 1 aliphatic carbocycles. The van der Waals surface area contributed by atoms with E-state index in [1.165, 1.54) is 12.8 Å². The number of nitrogens with zero attached hydrogens (tertiary/aromatic N) is 1. The van der Waals surface area contributed by atoms with Crippen LogP contribution in [0.2, 0.25) is 0 Å². The molecule has 0 heterocycles. The monoisotopic (exact) mass is 220 g/mol. The molecule has 16 heavy (non-hydrogen) atoms. The van der Waals surface area contributed by atoms with Gasteiger partial charge in [-0.05, 0) is 37.8 Å². The summed E-state index contributed by atoms with van der Waals surface area (Å²) in [5.41, 5.74) is 1.33. The Morgan fingerprint density at radius 1 is 1.44 bits per heavy atom. The Morgan fingerprint density at radius 3 is 2.50 bits per heavy atom. The van der Waals surface area contributed by atoms with Crippen molar-refractivity contribution < 1.29 is 4.92 Å². The first-order valence-corrected chi connectivity index (χ1v) is 5.61. The summed E-state index contributed by atoms with van der Waals surface area (Å²) < 4.78 is 0. The van der Waals surface area contributed by atoms with Gasteiger partial charge in [-0.25, -0.2) is 0 Å². The predicted molar refractivity (Wildman–Crippen MR) is 62.4 cm³/mol. The van der Waals surface area contributed by atoms with E-state index in [9.17, 15) is 10.1 Å². The van der Waals surface area contributed by atoms with Gasteiger partial charge in [-0.15, -0.1) is 0 Å². The quantitative estimate of drug-likeness (QED) is 0.611. The topological polar surface area (TPSA) is 55.2 Å². The van der Waals surface area contributed by atoms with E-state index in [0.717, 1.165) is 17.9 Å². The predicted octanol–water partition coefficient (Wildman–Crippen LogP) is 2.14. The van der Waals surface area contributed by atoms with Gasteiger partial charge in [0.25, 0.3) is 5.69 Å². The fraction of sp³-hybridized carbons (Fsp3) is 0.500. The maximum Gasteiger partial charge on any atom is 0.269 e. The molecular formula is C12H16N2O2. The molecule has 1 aromatic carbocycles. The van der Waals surface area contributed by atoms with Crippen molar-refractivity contribution in [2.45, 2.75) is 25.3 Å². The highest BCUT2D eigenvalue weighted by Gasteiger charge is 2.29. The minimum Gasteiger partial charge on any atom is -0.316 e. The third kappa shape index (κ3) is 2.58. The lowest BCUT2D eigenvalue weighted by Crippen LogP contribution is -2.29. The van der Waals surface area contributed by atoms with Crippen molar-refractivity contribution in [2.75, 3.05) is 7.05 Å². The van der Waals surface area contributed by atoms with Crippen LogP contribution in [0.15, 0.2) is 24.3 Å². The van der Waals surface area contributed by atoms with Gasteiger partial charge < -0.3 is 5.32 Å². The van der Waals surface area contributed by atoms with Gasteiger partial charge in [-0.3, -0.25) is 10.1 Å². The molecule has 2 rings (SSSR count). The van der Waals surface area contributed by atoms with Crippen LogP contribution >= 0.6 is 0 Å². The van der Waals surface area contributed by atoms with Gasteiger partial charge in [0.15, 0.2) is 0 Å². The summed E-state index contributed by atoms with van der Waals surface area (Å²) in [5, 5.41) is 13.8. The van der Waals surface area contributed by atoms with Crippen molar-refractivity contribution in [3.63, 3.8) is 0 Å². The van der Waals surface area contributed by atoms with Crippen LogP contribution in [0.4, 0.5) is 5.69 Å². The van der Waals surface area contributed by atoms with E-state index in [-0.39, 0.29) is 10.6 Å². The highest BCUT2D eigenvalue weighted by atomic mass is 16.6. The molecule has 0 radical (unpaired) electrons. The normalized spacial score (nSPS) is 17.1. The van der Waals surface area contributed by atoms with Gasteiger partial charge in [0.2, 0.25) is 0 Å². The Labute approximate surface area is 94.8 Å². The van der Waals surface area contributed by atoms with Crippen LogP contribution in [0.25, 0.3) is 0 Å². The van der Waals surface area contributed by atoms with Gasteiger partial charge in [0.1, 0.15) is 0 Å². The minimum absolute atomic E-state index is 0.163. The van der Waals surface area contributed by atoms with E-state index < -0.39 is 0 Å². The fourth-order valence-electron chi connectivity index (χ4n) is 2.01. The third-order valence-electron chi connectivity index (χ3n) is 3.16. The van der Waals surface area contributed by atoms with Gasteiger partial charge >= 0.3 is 0 Å². The molecule has 0 bridgehead atoms. The summed E-state index contributed by atoms with van der Waals surface area (Å²) in [4.78, 5) is 10.1. The molecule has 4 heteroatoms. The molecule has 86 valence electrons. The first-order valence-electron chi connectivity index (χ1n) is 5.61. The van der Waals surface area contributed by atoms with Crippen LogP contribution < -0.4 is 5.32 Å². The molecule has 1 aromatic rings. The first kappa shape index (κ1) is 11.1. The summed E-state index contributed by atoms with van der Waals surface area (Å²) in [5.74, 6) is 0.792. The maximum absolute atomic E-state index is 10.5. The van der Waals surface area contributed by atoms with Crippen LogP contribution in [0.3, 0.4) is 0 Å². The van der Waals surface area contributed by atoms with E-state index >= 15 is 0 Å². The molecule has 1 unspecified atom stereocenters. The van der Waals surface area contributed by atoms with Crippen molar-refractivity contribution in [1.29, 1.82) is 0 Å². The summed E-state index contributed by atoms with van der Waals surface area (Å²) in [6.45, 7) is 0. The molecule has 4 nitrogen and oxygen atoms in total. The van der Waals surface area contributed by atoms with E-state index in [1.54, 1.807) is 12.1 Å². The van der Waals surface area contributed by atoms with Gasteiger partial charge in [-0.1, -0.05) is 12.1 Å². The second kappa shape index (κ2) is 4.61. The van der Waals surface area contributed by atoms with Crippen LogP contribution in [0.5, 0.6) is 0 Å². The van der Waals surface area contributed by atoms with Crippen molar-refractivity contribution >= 4 is 5.69 Å². The molecule has 1 fully saturated rings. The SMILES string of the molecule is CNC(Cc1ccc([N+](=O)[O-])cc1)C1CC1. The van der Waals surface area contributed by atoms with Crippen molar-refractivity contribution in [1.82, 2.24) is 5.32 Å². The van der Waals surface area contributed by atoms with E-state index in [2.05, 4.69) is 5.32 Å². The minimum atomic E-state index is -0.361. The van der Waals surface area contributed by atoms with E-state index in [4.69, 9.17) is 0 Å². The second-order valence-corrected chi connectivity index (χ2v) is 4.36. The van der Waals surface area contributed by atoms with Crippen LogP contribution in [0.1, 0.15) is 18.4 Å². The largest absolute Gasteiger partial charge is 0.316 e. The average molecular weight is 220 g/mol. The Morgan fingerprint density at radius 2 is 2.06 bits per heavy atom. The standard InChI is InChI=1S/C12H16N2O2/c1-13-12(10-4-5-10)8-9-2-6-11(7-3-9)14(15)16/h2-3,6-7,10,12-13H,4-5,8H2,1H3. The molecule has 0 saturated heterocycles. The molecule has 1 atom stereocenters. The zero-order valence-corrected chi connectivity index (χ0v) is 9.35. The van der Waals surface area contributed by atoms with Crippen LogP contribution in [-0.4, -0.2) is 18.0 Å². The first-order chi connectivity index (χ1) is 7.70. The van der Waals surface area contributed by atoms with Crippen molar-refractivity contribution in [3.8, 4) is 0 Å². The zero-order chi connectivity index (χ0) is 11.5. The summed E-state index contributed by atoms with van der Waals surface area (Å²) in [7, 11) is 1.98. The van der Waals surface area contributed by atoms with Crippen molar-refractivity contribution in [3.05, 3.63) is 39.9 Å². The number of nitrogens with one attached hydrogen (secondary N) is 1. The molecule has 0 aliphatic heterocycles. The number of likely N-dealkylation sites (N-methyl/N-ethyl adjacent to an activating group) is 1. The molecule has 0 aromatic heterocycles. The smallest absolute Gasteiger partial charge is 0.269 e. The second-order valence-electron chi connectivity index (χ2n) is 4.36. The average Bonchev–Trinajstić information content (AvgIpc) is 3.10. The summed E-state index contributed by atoms with van der Waals surface area (Å²) in [6, 6.07) is 7.38. The molecule has 0 spiro atoms. The maximum atomic E-state index is 10.5. The Kier molecular flexibility index (Phi) is 3.19. The van der Waals surface area contributed by atoms with Gasteiger partial charge in [0, 0.05) is 18.2 Å². The lowest BCUT2D eigenvalue weighted by atomic mass is 10.0. The number of hydrogen-bond acceptors (Lipinski definition) is 3. The number of nitro groups is 1. The molecule has 1 saturated carbocycles. The Bertz CT molecular complexity index is 371. The lowest BCUT2D eigenvalue weighted by Gasteiger charge is -2.14. The van der Waals surface area contributed by atoms with E-state index in [1.807, 2.05) is 19.2 Å². The number of benzene rings is 1. The molecule has 0 amide bonds. The summed E-state index contributed by atoms with van der Waals surface area (Å²) in [6.07, 6.45) is 3.57. The van der Waals surface area contributed by atoms with Crippen LogP contribution in [0, 0.1) is 16.0 Å².